The van der Waals surface area contributed by atoms with E-state index in [0.717, 1.165) is 16.8 Å². The molecule has 1 heterocycles. The molecule has 2 aromatic carbocycles. The molecule has 3 rings (SSSR count). The van der Waals surface area contributed by atoms with Crippen LogP contribution in [0.1, 0.15) is 11.1 Å². The number of likely N-dealkylation sites (N-methyl/N-ethyl adjacent to an activating group) is 1. The van der Waals surface area contributed by atoms with Crippen molar-refractivity contribution in [3.05, 3.63) is 59.7 Å². The molecule has 0 atom stereocenters. The monoisotopic (exact) mass is 309 g/mol. The lowest BCUT2D eigenvalue weighted by molar-refractivity contribution is -0.139. The standard InChI is InChI=1S/C18H15NO4/c1-19-16-8-3-2-7-14(16)15(18(19)22)10-12-5-4-6-13(9-12)23-11-17(20)21/h2-10H,11H2,1H3,(H,20,21)/b15-10-. The highest BCUT2D eigenvalue weighted by Gasteiger charge is 2.28. The summed E-state index contributed by atoms with van der Waals surface area (Å²) in [5.41, 5.74) is 3.15. The molecule has 0 bridgehead atoms. The second-order valence-electron chi connectivity index (χ2n) is 5.19. The Bertz CT molecular complexity index is 810. The average molecular weight is 309 g/mol. The Kier molecular flexibility index (Phi) is 3.85. The molecule has 1 aliphatic rings. The number of rotatable bonds is 4. The van der Waals surface area contributed by atoms with Gasteiger partial charge in [0.15, 0.2) is 6.61 Å². The van der Waals surface area contributed by atoms with Gasteiger partial charge in [-0.05, 0) is 29.8 Å². The molecular formula is C18H15NO4. The van der Waals surface area contributed by atoms with Gasteiger partial charge in [0.1, 0.15) is 5.75 Å². The third-order valence-corrected chi connectivity index (χ3v) is 3.62. The zero-order valence-electron chi connectivity index (χ0n) is 12.5. The summed E-state index contributed by atoms with van der Waals surface area (Å²) in [6, 6.07) is 14.6. The van der Waals surface area contributed by atoms with Gasteiger partial charge in [0, 0.05) is 18.2 Å². The number of anilines is 1. The Balaban J connectivity index is 1.94. The van der Waals surface area contributed by atoms with Crippen LogP contribution in [0.5, 0.6) is 5.75 Å². The van der Waals surface area contributed by atoms with Gasteiger partial charge in [-0.3, -0.25) is 4.79 Å². The van der Waals surface area contributed by atoms with E-state index in [9.17, 15) is 9.59 Å². The predicted octanol–water partition coefficient (Wildman–Crippen LogP) is 2.67. The maximum absolute atomic E-state index is 12.4. The third kappa shape index (κ3) is 2.94. The van der Waals surface area contributed by atoms with Crippen LogP contribution in [0.2, 0.25) is 0 Å². The van der Waals surface area contributed by atoms with Crippen LogP contribution in [0.15, 0.2) is 48.5 Å². The number of hydrogen-bond acceptors (Lipinski definition) is 3. The van der Waals surface area contributed by atoms with Crippen molar-refractivity contribution < 1.29 is 19.4 Å². The van der Waals surface area contributed by atoms with E-state index in [1.807, 2.05) is 30.3 Å². The van der Waals surface area contributed by atoms with E-state index in [0.29, 0.717) is 11.3 Å². The van der Waals surface area contributed by atoms with Crippen LogP contribution in [0.4, 0.5) is 5.69 Å². The van der Waals surface area contributed by atoms with Crippen LogP contribution >= 0.6 is 0 Å². The number of fused-ring (bicyclic) bond motifs is 1. The predicted molar refractivity (Wildman–Crippen MR) is 87.3 cm³/mol. The Morgan fingerprint density at radius 3 is 2.78 bits per heavy atom. The molecule has 0 aromatic heterocycles. The van der Waals surface area contributed by atoms with E-state index >= 15 is 0 Å². The number of nitrogens with zero attached hydrogens (tertiary/aromatic N) is 1. The number of carboxylic acid groups (broad SMARTS) is 1. The molecule has 2 aromatic rings. The second-order valence-corrected chi connectivity index (χ2v) is 5.19. The first kappa shape index (κ1) is 14.8. The van der Waals surface area contributed by atoms with Crippen molar-refractivity contribution in [2.24, 2.45) is 0 Å². The van der Waals surface area contributed by atoms with Crippen LogP contribution in [0, 0.1) is 0 Å². The summed E-state index contributed by atoms with van der Waals surface area (Å²) < 4.78 is 5.17. The van der Waals surface area contributed by atoms with Crippen LogP contribution < -0.4 is 9.64 Å². The van der Waals surface area contributed by atoms with Gasteiger partial charge < -0.3 is 14.7 Å². The van der Waals surface area contributed by atoms with Crippen molar-refractivity contribution in [2.75, 3.05) is 18.6 Å². The lowest BCUT2D eigenvalue weighted by atomic mass is 10.0. The summed E-state index contributed by atoms with van der Waals surface area (Å²) >= 11 is 0. The van der Waals surface area contributed by atoms with Gasteiger partial charge in [-0.1, -0.05) is 30.3 Å². The van der Waals surface area contributed by atoms with E-state index < -0.39 is 12.6 Å². The van der Waals surface area contributed by atoms with E-state index in [2.05, 4.69) is 0 Å². The Morgan fingerprint density at radius 1 is 1.22 bits per heavy atom. The third-order valence-electron chi connectivity index (χ3n) is 3.62. The largest absolute Gasteiger partial charge is 0.482 e. The molecule has 1 aliphatic heterocycles. The highest BCUT2D eigenvalue weighted by molar-refractivity contribution is 6.35. The first-order valence-electron chi connectivity index (χ1n) is 7.10. The number of aliphatic carboxylic acids is 1. The zero-order chi connectivity index (χ0) is 16.4. The lowest BCUT2D eigenvalue weighted by Gasteiger charge is -2.08. The normalized spacial score (nSPS) is 14.9. The summed E-state index contributed by atoms with van der Waals surface area (Å²) in [4.78, 5) is 24.6. The number of carbonyl (C=O) groups excluding carboxylic acids is 1. The van der Waals surface area contributed by atoms with E-state index in [1.165, 1.54) is 0 Å². The molecule has 0 saturated heterocycles. The minimum Gasteiger partial charge on any atom is -0.482 e. The van der Waals surface area contributed by atoms with Gasteiger partial charge in [0.25, 0.3) is 5.91 Å². The Labute approximate surface area is 133 Å². The molecule has 0 saturated carbocycles. The number of hydrogen-bond donors (Lipinski definition) is 1. The number of para-hydroxylation sites is 1. The van der Waals surface area contributed by atoms with Crippen molar-refractivity contribution in [3.8, 4) is 5.75 Å². The maximum atomic E-state index is 12.4. The molecule has 116 valence electrons. The number of ether oxygens (including phenoxy) is 1. The molecule has 5 nitrogen and oxygen atoms in total. The number of amides is 1. The minimum absolute atomic E-state index is 0.0666. The van der Waals surface area contributed by atoms with Crippen molar-refractivity contribution in [1.29, 1.82) is 0 Å². The Hall–Kier alpha value is -3.08. The minimum atomic E-state index is -1.03. The number of carboxylic acids is 1. The average Bonchev–Trinajstić information content (AvgIpc) is 2.79. The van der Waals surface area contributed by atoms with Crippen molar-refractivity contribution in [2.45, 2.75) is 0 Å². The van der Waals surface area contributed by atoms with E-state index in [1.54, 1.807) is 36.2 Å². The molecule has 0 fully saturated rings. The van der Waals surface area contributed by atoms with Crippen LogP contribution in [0.25, 0.3) is 11.6 Å². The topological polar surface area (TPSA) is 66.8 Å². The summed E-state index contributed by atoms with van der Waals surface area (Å²) in [7, 11) is 1.74. The summed E-state index contributed by atoms with van der Waals surface area (Å²) in [6.07, 6.45) is 1.79. The van der Waals surface area contributed by atoms with E-state index in [-0.39, 0.29) is 5.91 Å². The summed E-state index contributed by atoms with van der Waals surface area (Å²) in [5, 5.41) is 8.66. The SMILES string of the molecule is CN1C(=O)/C(=C\c2cccc(OCC(=O)O)c2)c2ccccc21. The molecule has 23 heavy (non-hydrogen) atoms. The highest BCUT2D eigenvalue weighted by atomic mass is 16.5. The van der Waals surface area contributed by atoms with Gasteiger partial charge in [0.05, 0.1) is 5.69 Å². The molecule has 0 spiro atoms. The fourth-order valence-corrected chi connectivity index (χ4v) is 2.54. The second kappa shape index (κ2) is 5.96. The van der Waals surface area contributed by atoms with Gasteiger partial charge in [-0.25, -0.2) is 4.79 Å². The fraction of sp³-hybridized carbons (Fsp3) is 0.111. The molecule has 0 radical (unpaired) electrons. The lowest BCUT2D eigenvalue weighted by Crippen LogP contribution is -2.20. The van der Waals surface area contributed by atoms with Gasteiger partial charge >= 0.3 is 5.97 Å². The first-order valence-corrected chi connectivity index (χ1v) is 7.10. The van der Waals surface area contributed by atoms with Crippen LogP contribution in [0.3, 0.4) is 0 Å². The van der Waals surface area contributed by atoms with Gasteiger partial charge in [-0.15, -0.1) is 0 Å². The summed E-state index contributed by atoms with van der Waals surface area (Å²) in [6.45, 7) is -0.398. The number of benzene rings is 2. The summed E-state index contributed by atoms with van der Waals surface area (Å²) in [5.74, 6) is -0.646. The Morgan fingerprint density at radius 2 is 2.00 bits per heavy atom. The van der Waals surface area contributed by atoms with Crippen LogP contribution in [-0.2, 0) is 9.59 Å². The fourth-order valence-electron chi connectivity index (χ4n) is 2.54. The quantitative estimate of drug-likeness (QED) is 0.882. The molecule has 5 heteroatoms. The van der Waals surface area contributed by atoms with E-state index in [4.69, 9.17) is 9.84 Å². The molecule has 0 unspecified atom stereocenters. The highest BCUT2D eigenvalue weighted by Crippen LogP contribution is 2.36. The van der Waals surface area contributed by atoms with Crippen molar-refractivity contribution in [1.82, 2.24) is 0 Å². The van der Waals surface area contributed by atoms with Crippen LogP contribution in [-0.4, -0.2) is 30.6 Å². The molecule has 0 aliphatic carbocycles. The van der Waals surface area contributed by atoms with Gasteiger partial charge in [-0.2, -0.15) is 0 Å². The first-order chi connectivity index (χ1) is 11.1. The zero-order valence-corrected chi connectivity index (χ0v) is 12.5. The van der Waals surface area contributed by atoms with Gasteiger partial charge in [0.2, 0.25) is 0 Å². The smallest absolute Gasteiger partial charge is 0.341 e. The maximum Gasteiger partial charge on any atom is 0.341 e. The van der Waals surface area contributed by atoms with Crippen molar-refractivity contribution >= 4 is 29.2 Å². The van der Waals surface area contributed by atoms with Crippen molar-refractivity contribution in [3.63, 3.8) is 0 Å². The molecule has 1 amide bonds. The molecule has 1 N–H and O–H groups in total. The molecular weight excluding hydrogens is 294 g/mol. The number of carbonyl (C=O) groups is 2.